The van der Waals surface area contributed by atoms with Crippen molar-refractivity contribution in [2.75, 3.05) is 0 Å². The maximum Gasteiger partial charge on any atom is 0.163 e. The number of Topliss-reactive ketones (excluding diaryl/α,β-unsaturated/α-hetero) is 1. The van der Waals surface area contributed by atoms with Crippen LogP contribution in [0.4, 0.5) is 0 Å². The van der Waals surface area contributed by atoms with E-state index in [1.165, 1.54) is 0 Å². The largest absolute Gasteiger partial charge is 0.297 e. The maximum atomic E-state index is 11.0. The Kier molecular flexibility index (Phi) is 4.29. The molecule has 3 heteroatoms. The first-order valence-corrected chi connectivity index (χ1v) is 4.12. The van der Waals surface area contributed by atoms with Crippen LogP contribution in [0, 0.1) is 17.2 Å². The van der Waals surface area contributed by atoms with Gasteiger partial charge in [0.25, 0.3) is 0 Å². The van der Waals surface area contributed by atoms with Crippen LogP contribution in [-0.4, -0.2) is 10.6 Å². The first-order chi connectivity index (χ1) is 4.63. The summed E-state index contributed by atoms with van der Waals surface area (Å²) in [4.78, 5) is 10.9. The SMILES string of the molecule is CCC(Br)C(=O)C(C)C#N. The summed E-state index contributed by atoms with van der Waals surface area (Å²) < 4.78 is 0. The molecule has 0 saturated heterocycles. The van der Waals surface area contributed by atoms with Gasteiger partial charge in [0.1, 0.15) is 5.92 Å². The van der Waals surface area contributed by atoms with Gasteiger partial charge in [0.15, 0.2) is 5.78 Å². The van der Waals surface area contributed by atoms with E-state index in [1.54, 1.807) is 6.92 Å². The van der Waals surface area contributed by atoms with Gasteiger partial charge >= 0.3 is 0 Å². The number of rotatable bonds is 3. The predicted molar refractivity (Wildman–Crippen MR) is 42.8 cm³/mol. The van der Waals surface area contributed by atoms with E-state index in [4.69, 9.17) is 5.26 Å². The average Bonchev–Trinajstić information content (AvgIpc) is 2.00. The molecule has 0 aromatic heterocycles. The molecular weight excluding hydrogens is 194 g/mol. The Labute approximate surface area is 69.4 Å². The summed E-state index contributed by atoms with van der Waals surface area (Å²) in [6.07, 6.45) is 0.741. The number of carbonyl (C=O) groups excluding carboxylic acids is 1. The van der Waals surface area contributed by atoms with E-state index in [-0.39, 0.29) is 10.6 Å². The topological polar surface area (TPSA) is 40.9 Å². The Hall–Kier alpha value is -0.360. The number of carbonyl (C=O) groups is 1. The van der Waals surface area contributed by atoms with Gasteiger partial charge in [-0.05, 0) is 13.3 Å². The van der Waals surface area contributed by atoms with E-state index in [2.05, 4.69) is 15.9 Å². The van der Waals surface area contributed by atoms with Gasteiger partial charge < -0.3 is 0 Å². The minimum atomic E-state index is -0.482. The fraction of sp³-hybridized carbons (Fsp3) is 0.714. The van der Waals surface area contributed by atoms with Crippen LogP contribution in [0.2, 0.25) is 0 Å². The molecule has 0 aromatic carbocycles. The van der Waals surface area contributed by atoms with Crippen molar-refractivity contribution in [3.63, 3.8) is 0 Å². The summed E-state index contributed by atoms with van der Waals surface area (Å²) in [5, 5.41) is 8.36. The Bertz CT molecular complexity index is 161. The van der Waals surface area contributed by atoms with Crippen molar-refractivity contribution in [2.24, 2.45) is 5.92 Å². The highest BCUT2D eigenvalue weighted by molar-refractivity contribution is 9.10. The van der Waals surface area contributed by atoms with Crippen molar-refractivity contribution in [3.05, 3.63) is 0 Å². The van der Waals surface area contributed by atoms with Gasteiger partial charge in [0.2, 0.25) is 0 Å². The summed E-state index contributed by atoms with van der Waals surface area (Å²) in [6.45, 7) is 3.52. The molecule has 0 N–H and O–H groups in total. The van der Waals surface area contributed by atoms with Crippen LogP contribution in [-0.2, 0) is 4.79 Å². The molecule has 2 nitrogen and oxygen atoms in total. The van der Waals surface area contributed by atoms with Crippen molar-refractivity contribution in [2.45, 2.75) is 25.1 Å². The molecule has 0 bridgehead atoms. The summed E-state index contributed by atoms with van der Waals surface area (Å²) in [7, 11) is 0. The van der Waals surface area contributed by atoms with Crippen LogP contribution in [0.15, 0.2) is 0 Å². The second kappa shape index (κ2) is 4.45. The molecule has 0 amide bonds. The molecule has 2 atom stereocenters. The molecule has 0 aliphatic heterocycles. The summed E-state index contributed by atoms with van der Waals surface area (Å²) in [5.74, 6) is -0.505. The van der Waals surface area contributed by atoms with E-state index >= 15 is 0 Å². The molecule has 10 heavy (non-hydrogen) atoms. The van der Waals surface area contributed by atoms with Gasteiger partial charge in [-0.25, -0.2) is 0 Å². The second-order valence-electron chi connectivity index (χ2n) is 2.13. The average molecular weight is 204 g/mol. The summed E-state index contributed by atoms with van der Waals surface area (Å²) in [6, 6.07) is 1.90. The normalized spacial score (nSPS) is 15.4. The molecule has 0 aliphatic rings. The lowest BCUT2D eigenvalue weighted by atomic mass is 10.0. The lowest BCUT2D eigenvalue weighted by Crippen LogP contribution is -2.19. The number of hydrogen-bond donors (Lipinski definition) is 0. The number of halogens is 1. The number of hydrogen-bond acceptors (Lipinski definition) is 2. The number of alkyl halides is 1. The van der Waals surface area contributed by atoms with Crippen LogP contribution < -0.4 is 0 Å². The summed E-state index contributed by atoms with van der Waals surface area (Å²) >= 11 is 3.18. The van der Waals surface area contributed by atoms with Gasteiger partial charge in [-0.15, -0.1) is 0 Å². The Balaban J connectivity index is 3.98. The minimum absolute atomic E-state index is 0.0231. The first kappa shape index (κ1) is 9.64. The maximum absolute atomic E-state index is 11.0. The monoisotopic (exact) mass is 203 g/mol. The van der Waals surface area contributed by atoms with Crippen LogP contribution in [0.5, 0.6) is 0 Å². The van der Waals surface area contributed by atoms with E-state index in [0.717, 1.165) is 6.42 Å². The zero-order chi connectivity index (χ0) is 8.15. The minimum Gasteiger partial charge on any atom is -0.297 e. The first-order valence-electron chi connectivity index (χ1n) is 3.20. The Morgan fingerprint density at radius 3 is 2.60 bits per heavy atom. The lowest BCUT2D eigenvalue weighted by Gasteiger charge is -2.05. The van der Waals surface area contributed by atoms with Gasteiger partial charge in [-0.1, -0.05) is 22.9 Å². The molecule has 0 radical (unpaired) electrons. The number of nitriles is 1. The summed E-state index contributed by atoms with van der Waals surface area (Å²) in [5.41, 5.74) is 0. The van der Waals surface area contributed by atoms with Gasteiger partial charge in [0.05, 0.1) is 10.9 Å². The van der Waals surface area contributed by atoms with E-state index < -0.39 is 5.92 Å². The van der Waals surface area contributed by atoms with Gasteiger partial charge in [-0.3, -0.25) is 4.79 Å². The highest BCUT2D eigenvalue weighted by Crippen LogP contribution is 2.11. The smallest absolute Gasteiger partial charge is 0.163 e. The molecule has 2 unspecified atom stereocenters. The van der Waals surface area contributed by atoms with Gasteiger partial charge in [-0.2, -0.15) is 5.26 Å². The standard InChI is InChI=1S/C7H10BrNO/c1-3-6(8)7(10)5(2)4-9/h5-6H,3H2,1-2H3. The van der Waals surface area contributed by atoms with Crippen LogP contribution in [0.3, 0.4) is 0 Å². The second-order valence-corrected chi connectivity index (χ2v) is 3.23. The molecule has 0 rings (SSSR count). The van der Waals surface area contributed by atoms with Crippen molar-refractivity contribution in [1.29, 1.82) is 5.26 Å². The van der Waals surface area contributed by atoms with Crippen LogP contribution >= 0.6 is 15.9 Å². The molecular formula is C7H10BrNO. The van der Waals surface area contributed by atoms with Crippen molar-refractivity contribution >= 4 is 21.7 Å². The molecule has 0 aliphatic carbocycles. The Morgan fingerprint density at radius 1 is 1.80 bits per heavy atom. The molecule has 0 saturated carbocycles. The fourth-order valence-electron chi connectivity index (χ4n) is 0.536. The zero-order valence-electron chi connectivity index (χ0n) is 6.10. The van der Waals surface area contributed by atoms with Gasteiger partial charge in [0, 0.05) is 0 Å². The lowest BCUT2D eigenvalue weighted by molar-refractivity contribution is -0.120. The third kappa shape index (κ3) is 2.49. The van der Waals surface area contributed by atoms with E-state index in [0.29, 0.717) is 0 Å². The fourth-order valence-corrected chi connectivity index (χ4v) is 0.933. The van der Waals surface area contributed by atoms with Crippen molar-refractivity contribution in [1.82, 2.24) is 0 Å². The van der Waals surface area contributed by atoms with Crippen molar-refractivity contribution in [3.8, 4) is 6.07 Å². The molecule has 0 spiro atoms. The third-order valence-corrected chi connectivity index (χ3v) is 2.39. The highest BCUT2D eigenvalue weighted by atomic mass is 79.9. The Morgan fingerprint density at radius 2 is 2.30 bits per heavy atom. The third-order valence-electron chi connectivity index (χ3n) is 1.29. The van der Waals surface area contributed by atoms with Crippen LogP contribution in [0.1, 0.15) is 20.3 Å². The number of nitrogens with zero attached hydrogens (tertiary/aromatic N) is 1. The quantitative estimate of drug-likeness (QED) is 0.658. The number of ketones is 1. The predicted octanol–water partition coefficient (Wildman–Crippen LogP) is 1.89. The molecule has 0 fully saturated rings. The molecule has 0 heterocycles. The zero-order valence-corrected chi connectivity index (χ0v) is 7.68. The van der Waals surface area contributed by atoms with E-state index in [9.17, 15) is 4.79 Å². The highest BCUT2D eigenvalue weighted by Gasteiger charge is 2.18. The van der Waals surface area contributed by atoms with Crippen LogP contribution in [0.25, 0.3) is 0 Å². The molecule has 0 aromatic rings. The molecule has 56 valence electrons. The van der Waals surface area contributed by atoms with E-state index in [1.807, 2.05) is 13.0 Å². The van der Waals surface area contributed by atoms with Crippen molar-refractivity contribution < 1.29 is 4.79 Å².